The normalized spacial score (nSPS) is 17.7. The summed E-state index contributed by atoms with van der Waals surface area (Å²) in [5, 5.41) is 2.82. The number of hydrogen-bond donors (Lipinski definition) is 1. The highest BCUT2D eigenvalue weighted by Gasteiger charge is 2.28. The van der Waals surface area contributed by atoms with E-state index in [-0.39, 0.29) is 33.7 Å². The van der Waals surface area contributed by atoms with E-state index in [1.54, 1.807) is 24.3 Å². The highest BCUT2D eigenvalue weighted by molar-refractivity contribution is 7.89. The van der Waals surface area contributed by atoms with Crippen molar-refractivity contribution in [2.45, 2.75) is 48.4 Å². The van der Waals surface area contributed by atoms with Crippen LogP contribution in [0.15, 0.2) is 52.3 Å². The van der Waals surface area contributed by atoms with Gasteiger partial charge in [-0.25, -0.2) is 16.8 Å². The average molecular weight is 556 g/mol. The summed E-state index contributed by atoms with van der Waals surface area (Å²) in [6.45, 7) is 1.97. The molecule has 1 N–H and O–H groups in total. The van der Waals surface area contributed by atoms with E-state index in [2.05, 4.69) is 5.32 Å². The highest BCUT2D eigenvalue weighted by Crippen LogP contribution is 2.29. The van der Waals surface area contributed by atoms with E-state index >= 15 is 0 Å². The van der Waals surface area contributed by atoms with Gasteiger partial charge in [-0.05, 0) is 61.6 Å². The van der Waals surface area contributed by atoms with Gasteiger partial charge in [-0.2, -0.15) is 8.61 Å². The average Bonchev–Trinajstić information content (AvgIpc) is 3.44. The zero-order valence-electron chi connectivity index (χ0n) is 19.9. The van der Waals surface area contributed by atoms with Crippen LogP contribution in [0.25, 0.3) is 0 Å². The van der Waals surface area contributed by atoms with Gasteiger partial charge in [-0.1, -0.05) is 30.2 Å². The fraction of sp³-hybridized carbons (Fsp3) is 0.458. The third-order valence-electron chi connectivity index (χ3n) is 6.33. The first-order valence-electron chi connectivity index (χ1n) is 12.0. The molecule has 9 nitrogen and oxygen atoms in total. The molecule has 2 heterocycles. The lowest BCUT2D eigenvalue weighted by Crippen LogP contribution is -2.35. The molecule has 0 atom stereocenters. The summed E-state index contributed by atoms with van der Waals surface area (Å²) in [6.07, 6.45) is 4.45. The molecule has 0 bridgehead atoms. The van der Waals surface area contributed by atoms with Crippen LogP contribution < -0.4 is 10.1 Å². The monoisotopic (exact) mass is 555 g/mol. The van der Waals surface area contributed by atoms with E-state index in [4.69, 9.17) is 16.3 Å². The Labute approximate surface area is 217 Å². The van der Waals surface area contributed by atoms with E-state index in [0.717, 1.165) is 37.7 Å². The SMILES string of the molecule is O=C(COc1ccc(S(=O)(=O)N2CCCCC2)cc1Cl)NCc1ccc(S(=O)(=O)N2CCCC2)cc1. The molecule has 1 amide bonds. The molecule has 0 aromatic heterocycles. The van der Waals surface area contributed by atoms with Crippen LogP contribution in [-0.2, 0) is 31.4 Å². The van der Waals surface area contributed by atoms with Crippen molar-refractivity contribution in [1.82, 2.24) is 13.9 Å². The maximum Gasteiger partial charge on any atom is 0.258 e. The van der Waals surface area contributed by atoms with E-state index in [9.17, 15) is 21.6 Å². The number of benzene rings is 2. The fourth-order valence-electron chi connectivity index (χ4n) is 4.27. The number of halogens is 1. The minimum Gasteiger partial charge on any atom is -0.482 e. The number of rotatable bonds is 9. The summed E-state index contributed by atoms with van der Waals surface area (Å²) in [5.41, 5.74) is 0.744. The number of piperidine rings is 1. The van der Waals surface area contributed by atoms with Gasteiger partial charge in [0.1, 0.15) is 5.75 Å². The standard InChI is InChI=1S/C24H30ClN3O6S2/c25-22-16-21(36(32,33)28-12-2-1-3-13-28)10-11-23(22)34-18-24(29)26-17-19-6-8-20(9-7-19)35(30,31)27-14-4-5-15-27/h6-11,16H,1-5,12-15,17-18H2,(H,26,29). The number of nitrogens with zero attached hydrogens (tertiary/aromatic N) is 2. The number of ether oxygens (including phenoxy) is 1. The lowest BCUT2D eigenvalue weighted by molar-refractivity contribution is -0.123. The molecular formula is C24H30ClN3O6S2. The lowest BCUT2D eigenvalue weighted by Gasteiger charge is -2.26. The molecule has 2 aliphatic heterocycles. The van der Waals surface area contributed by atoms with Gasteiger partial charge in [0, 0.05) is 32.7 Å². The second-order valence-electron chi connectivity index (χ2n) is 8.88. The Balaban J connectivity index is 1.28. The molecule has 4 rings (SSSR count). The molecule has 0 saturated carbocycles. The Hall–Kier alpha value is -2.18. The van der Waals surface area contributed by atoms with Gasteiger partial charge >= 0.3 is 0 Å². The summed E-state index contributed by atoms with van der Waals surface area (Å²) in [5.74, 6) is -0.189. The smallest absolute Gasteiger partial charge is 0.258 e. The topological polar surface area (TPSA) is 113 Å². The van der Waals surface area contributed by atoms with Crippen molar-refractivity contribution in [3.8, 4) is 5.75 Å². The molecule has 0 unspecified atom stereocenters. The van der Waals surface area contributed by atoms with Crippen molar-refractivity contribution < 1.29 is 26.4 Å². The van der Waals surface area contributed by atoms with Crippen molar-refractivity contribution in [1.29, 1.82) is 0 Å². The first-order valence-corrected chi connectivity index (χ1v) is 15.2. The predicted octanol–water partition coefficient (Wildman–Crippen LogP) is 2.99. The molecule has 196 valence electrons. The molecular weight excluding hydrogens is 526 g/mol. The van der Waals surface area contributed by atoms with Crippen LogP contribution in [0.4, 0.5) is 0 Å². The summed E-state index contributed by atoms with van der Waals surface area (Å²) >= 11 is 6.24. The number of amides is 1. The van der Waals surface area contributed by atoms with E-state index in [1.807, 2.05) is 0 Å². The molecule has 0 spiro atoms. The largest absolute Gasteiger partial charge is 0.482 e. The summed E-state index contributed by atoms with van der Waals surface area (Å²) < 4.78 is 59.3. The van der Waals surface area contributed by atoms with Crippen LogP contribution in [0.2, 0.25) is 5.02 Å². The minimum atomic E-state index is -3.62. The van der Waals surface area contributed by atoms with Crippen LogP contribution >= 0.6 is 11.6 Å². The van der Waals surface area contributed by atoms with Crippen molar-refractivity contribution in [3.63, 3.8) is 0 Å². The maximum absolute atomic E-state index is 12.8. The van der Waals surface area contributed by atoms with Crippen LogP contribution in [0, 0.1) is 0 Å². The highest BCUT2D eigenvalue weighted by atomic mass is 35.5. The van der Waals surface area contributed by atoms with Crippen molar-refractivity contribution >= 4 is 37.6 Å². The third-order valence-corrected chi connectivity index (χ3v) is 10.4. The third kappa shape index (κ3) is 6.20. The number of nitrogens with one attached hydrogen (secondary N) is 1. The van der Waals surface area contributed by atoms with Gasteiger partial charge in [0.25, 0.3) is 5.91 Å². The molecule has 12 heteroatoms. The van der Waals surface area contributed by atoms with Gasteiger partial charge in [0.2, 0.25) is 20.0 Å². The molecule has 2 fully saturated rings. The molecule has 0 aliphatic carbocycles. The number of carbonyl (C=O) groups excluding carboxylic acids is 1. The minimum absolute atomic E-state index is 0.0985. The molecule has 2 aromatic rings. The number of hydrogen-bond acceptors (Lipinski definition) is 6. The van der Waals surface area contributed by atoms with Crippen molar-refractivity contribution in [3.05, 3.63) is 53.1 Å². The number of carbonyl (C=O) groups is 1. The molecule has 0 radical (unpaired) electrons. The Kier molecular flexibility index (Phi) is 8.56. The Morgan fingerprint density at radius 3 is 1.92 bits per heavy atom. The van der Waals surface area contributed by atoms with Crippen molar-refractivity contribution in [2.24, 2.45) is 0 Å². The van der Waals surface area contributed by atoms with Gasteiger partial charge in [0.05, 0.1) is 14.8 Å². The Bertz CT molecular complexity index is 1290. The second-order valence-corrected chi connectivity index (χ2v) is 13.2. The summed E-state index contributed by atoms with van der Waals surface area (Å²) in [6, 6.07) is 10.7. The maximum atomic E-state index is 12.8. The number of sulfonamides is 2. The van der Waals surface area contributed by atoms with Crippen LogP contribution in [0.1, 0.15) is 37.7 Å². The summed E-state index contributed by atoms with van der Waals surface area (Å²) in [7, 11) is -7.09. The lowest BCUT2D eigenvalue weighted by atomic mass is 10.2. The van der Waals surface area contributed by atoms with Crippen LogP contribution in [0.5, 0.6) is 5.75 Å². The second kappa shape index (κ2) is 11.5. The molecule has 2 aromatic carbocycles. The zero-order valence-corrected chi connectivity index (χ0v) is 22.2. The van der Waals surface area contributed by atoms with E-state index < -0.39 is 26.0 Å². The zero-order chi connectivity index (χ0) is 25.8. The van der Waals surface area contributed by atoms with E-state index in [0.29, 0.717) is 26.2 Å². The molecule has 2 aliphatic rings. The Morgan fingerprint density at radius 1 is 0.806 bits per heavy atom. The molecule has 2 saturated heterocycles. The predicted molar refractivity (Wildman–Crippen MR) is 136 cm³/mol. The summed E-state index contributed by atoms with van der Waals surface area (Å²) in [4.78, 5) is 12.6. The van der Waals surface area contributed by atoms with Crippen LogP contribution in [-0.4, -0.2) is 64.1 Å². The molecule has 36 heavy (non-hydrogen) atoms. The first kappa shape index (κ1) is 26.9. The van der Waals surface area contributed by atoms with Crippen LogP contribution in [0.3, 0.4) is 0 Å². The van der Waals surface area contributed by atoms with Gasteiger partial charge in [-0.3, -0.25) is 4.79 Å². The van der Waals surface area contributed by atoms with Crippen molar-refractivity contribution in [2.75, 3.05) is 32.8 Å². The van der Waals surface area contributed by atoms with Gasteiger partial charge in [-0.15, -0.1) is 0 Å². The van der Waals surface area contributed by atoms with Gasteiger partial charge < -0.3 is 10.1 Å². The quantitative estimate of drug-likeness (QED) is 0.509. The fourth-order valence-corrected chi connectivity index (χ4v) is 7.63. The van der Waals surface area contributed by atoms with Gasteiger partial charge in [0.15, 0.2) is 6.61 Å². The van der Waals surface area contributed by atoms with E-state index in [1.165, 1.54) is 26.8 Å². The first-order chi connectivity index (χ1) is 17.2. The Morgan fingerprint density at radius 2 is 1.33 bits per heavy atom.